The minimum atomic E-state index is -0.749. The lowest BCUT2D eigenvalue weighted by Gasteiger charge is -2.24. The zero-order valence-corrected chi connectivity index (χ0v) is 18.5. The highest BCUT2D eigenvalue weighted by molar-refractivity contribution is 5.90. The van der Waals surface area contributed by atoms with Gasteiger partial charge in [0, 0.05) is 44.7 Å². The third-order valence-corrected chi connectivity index (χ3v) is 5.78. The van der Waals surface area contributed by atoms with Crippen LogP contribution in [0.5, 0.6) is 0 Å². The van der Waals surface area contributed by atoms with Crippen LogP contribution in [0, 0.1) is 11.6 Å². The summed E-state index contributed by atoms with van der Waals surface area (Å²) < 4.78 is 35.3. The number of hydrogen-bond donors (Lipinski definition) is 0. The molecule has 2 fully saturated rings. The molecule has 176 valence electrons. The van der Waals surface area contributed by atoms with E-state index in [9.17, 15) is 9.59 Å². The van der Waals surface area contributed by atoms with Gasteiger partial charge >= 0.3 is 6.09 Å². The van der Waals surface area contributed by atoms with Crippen LogP contribution >= 0.6 is 0 Å². The molecule has 0 N–H and O–H groups in total. The van der Waals surface area contributed by atoms with Gasteiger partial charge < -0.3 is 14.4 Å². The maximum atomic E-state index is 15.0. The Balaban J connectivity index is 1.43. The van der Waals surface area contributed by atoms with Crippen LogP contribution in [-0.2, 0) is 20.9 Å². The second-order valence-corrected chi connectivity index (χ2v) is 8.28. The summed E-state index contributed by atoms with van der Waals surface area (Å²) >= 11 is 0. The van der Waals surface area contributed by atoms with E-state index >= 15 is 8.78 Å². The van der Waals surface area contributed by atoms with Gasteiger partial charge in [-0.3, -0.25) is 9.74 Å². The van der Waals surface area contributed by atoms with E-state index in [0.29, 0.717) is 39.2 Å². The molecule has 7 nitrogen and oxygen atoms in total. The standard InChI is InChI=1S/C24H27F2N3O4/c1-17(30)7-8-20-16-29(24(31)33-20)19-13-21(25)23(22(26)14-19)27-9-10-28(32-12-11-27)15-18-5-3-2-4-6-18/h2-6,13-14,20H,7-12,15-16H2,1H3/t20-/m0/s1. The molecular weight excluding hydrogens is 432 g/mol. The minimum absolute atomic E-state index is 0.00490. The lowest BCUT2D eigenvalue weighted by atomic mass is 10.1. The van der Waals surface area contributed by atoms with E-state index < -0.39 is 23.8 Å². The van der Waals surface area contributed by atoms with Gasteiger partial charge in [-0.05, 0) is 18.9 Å². The van der Waals surface area contributed by atoms with Crippen molar-refractivity contribution >= 4 is 23.3 Å². The number of Topliss-reactive ketones (excluding diaryl/α,β-unsaturated/α-hetero) is 1. The number of cyclic esters (lactones) is 1. The predicted octanol–water partition coefficient (Wildman–Crippen LogP) is 3.91. The molecule has 2 aliphatic heterocycles. The summed E-state index contributed by atoms with van der Waals surface area (Å²) in [6.07, 6.45) is -0.486. The van der Waals surface area contributed by atoms with Gasteiger partial charge in [0.15, 0.2) is 11.6 Å². The van der Waals surface area contributed by atoms with Crippen molar-refractivity contribution in [3.8, 4) is 0 Å². The van der Waals surface area contributed by atoms with Crippen molar-refractivity contribution < 1.29 is 27.9 Å². The molecule has 0 bridgehead atoms. The molecule has 1 amide bonds. The summed E-state index contributed by atoms with van der Waals surface area (Å²) in [5, 5.41) is 1.79. The Hall–Kier alpha value is -3.04. The number of carbonyl (C=O) groups is 2. The van der Waals surface area contributed by atoms with Crippen LogP contribution in [0.3, 0.4) is 0 Å². The van der Waals surface area contributed by atoms with Gasteiger partial charge in [0.1, 0.15) is 17.6 Å². The summed E-state index contributed by atoms with van der Waals surface area (Å²) in [7, 11) is 0. The molecule has 0 aliphatic carbocycles. The Bertz CT molecular complexity index is 981. The van der Waals surface area contributed by atoms with Gasteiger partial charge in [0.05, 0.1) is 18.8 Å². The van der Waals surface area contributed by atoms with E-state index in [1.165, 1.54) is 11.8 Å². The summed E-state index contributed by atoms with van der Waals surface area (Å²) in [5.74, 6) is -1.50. The number of rotatable bonds is 7. The molecule has 9 heteroatoms. The summed E-state index contributed by atoms with van der Waals surface area (Å²) in [6.45, 7) is 3.69. The Morgan fingerprint density at radius 1 is 1.09 bits per heavy atom. The molecule has 33 heavy (non-hydrogen) atoms. The molecule has 2 heterocycles. The van der Waals surface area contributed by atoms with E-state index in [2.05, 4.69) is 0 Å². The fraction of sp³-hybridized carbons (Fsp3) is 0.417. The number of anilines is 2. The van der Waals surface area contributed by atoms with Crippen LogP contribution in [0.4, 0.5) is 25.0 Å². The van der Waals surface area contributed by atoms with Crippen LogP contribution in [0.1, 0.15) is 25.3 Å². The van der Waals surface area contributed by atoms with Crippen molar-refractivity contribution in [2.75, 3.05) is 42.6 Å². The normalized spacial score (nSPS) is 19.5. The van der Waals surface area contributed by atoms with Crippen LogP contribution in [0.15, 0.2) is 42.5 Å². The van der Waals surface area contributed by atoms with Crippen LogP contribution in [0.2, 0.25) is 0 Å². The van der Waals surface area contributed by atoms with Gasteiger partial charge in [0.25, 0.3) is 0 Å². The smallest absolute Gasteiger partial charge is 0.414 e. The van der Waals surface area contributed by atoms with Gasteiger partial charge in [0.2, 0.25) is 0 Å². The topological polar surface area (TPSA) is 62.3 Å². The number of benzene rings is 2. The molecule has 0 saturated carbocycles. The highest BCUT2D eigenvalue weighted by atomic mass is 19.1. The van der Waals surface area contributed by atoms with Crippen molar-refractivity contribution in [1.29, 1.82) is 0 Å². The Morgan fingerprint density at radius 3 is 2.52 bits per heavy atom. The fourth-order valence-corrected chi connectivity index (χ4v) is 4.08. The van der Waals surface area contributed by atoms with E-state index in [0.717, 1.165) is 17.7 Å². The number of halogens is 2. The first-order valence-electron chi connectivity index (χ1n) is 11.0. The van der Waals surface area contributed by atoms with Crippen LogP contribution < -0.4 is 9.80 Å². The zero-order valence-electron chi connectivity index (χ0n) is 18.5. The lowest BCUT2D eigenvalue weighted by molar-refractivity contribution is -0.154. The monoisotopic (exact) mass is 459 g/mol. The van der Waals surface area contributed by atoms with E-state index in [1.54, 1.807) is 9.96 Å². The van der Waals surface area contributed by atoms with E-state index in [1.807, 2.05) is 30.3 Å². The molecule has 0 radical (unpaired) electrons. The zero-order chi connectivity index (χ0) is 23.4. The molecule has 2 aromatic rings. The minimum Gasteiger partial charge on any atom is -0.444 e. The maximum Gasteiger partial charge on any atom is 0.414 e. The SMILES string of the molecule is CC(=O)CC[C@H]1CN(c2cc(F)c(N3CCON(Cc4ccccc4)CC3)c(F)c2)C(=O)O1. The van der Waals surface area contributed by atoms with E-state index in [-0.39, 0.29) is 30.1 Å². The first-order chi connectivity index (χ1) is 15.9. The van der Waals surface area contributed by atoms with Gasteiger partial charge in [-0.25, -0.2) is 13.6 Å². The van der Waals surface area contributed by atoms with Crippen molar-refractivity contribution in [3.63, 3.8) is 0 Å². The van der Waals surface area contributed by atoms with Crippen molar-refractivity contribution in [2.45, 2.75) is 32.4 Å². The quantitative estimate of drug-likeness (QED) is 0.626. The summed E-state index contributed by atoms with van der Waals surface area (Å²) in [6, 6.07) is 12.1. The third-order valence-electron chi connectivity index (χ3n) is 5.78. The molecule has 1 atom stereocenters. The van der Waals surface area contributed by atoms with Crippen LogP contribution in [-0.4, -0.2) is 55.8 Å². The molecular formula is C24H27F2N3O4. The van der Waals surface area contributed by atoms with Gasteiger partial charge in [-0.1, -0.05) is 30.3 Å². The summed E-state index contributed by atoms with van der Waals surface area (Å²) in [5.41, 5.74) is 1.05. The molecule has 0 spiro atoms. The predicted molar refractivity (Wildman–Crippen MR) is 119 cm³/mol. The Labute approximate surface area is 191 Å². The number of hydroxylamine groups is 2. The number of ketones is 1. The fourth-order valence-electron chi connectivity index (χ4n) is 4.08. The second kappa shape index (κ2) is 10.3. The molecule has 2 aliphatic rings. The highest BCUT2D eigenvalue weighted by Gasteiger charge is 2.33. The van der Waals surface area contributed by atoms with E-state index in [4.69, 9.17) is 9.57 Å². The number of hydrogen-bond acceptors (Lipinski definition) is 6. The number of carbonyl (C=O) groups excluding carboxylic acids is 2. The molecule has 4 rings (SSSR count). The number of amides is 1. The third kappa shape index (κ3) is 5.66. The number of ether oxygens (including phenoxy) is 1. The van der Waals surface area contributed by atoms with Crippen molar-refractivity contribution in [2.24, 2.45) is 0 Å². The molecule has 0 unspecified atom stereocenters. The van der Waals surface area contributed by atoms with Crippen LogP contribution in [0.25, 0.3) is 0 Å². The Kier molecular flexibility index (Phi) is 7.20. The van der Waals surface area contributed by atoms with Crippen molar-refractivity contribution in [1.82, 2.24) is 5.06 Å². The molecule has 2 aromatic carbocycles. The highest BCUT2D eigenvalue weighted by Crippen LogP contribution is 2.32. The molecule has 2 saturated heterocycles. The van der Waals surface area contributed by atoms with Crippen molar-refractivity contribution in [3.05, 3.63) is 59.7 Å². The second-order valence-electron chi connectivity index (χ2n) is 8.28. The number of nitrogens with zero attached hydrogens (tertiary/aromatic N) is 3. The van der Waals surface area contributed by atoms with Gasteiger partial charge in [-0.15, -0.1) is 0 Å². The lowest BCUT2D eigenvalue weighted by Crippen LogP contribution is -2.32. The Morgan fingerprint density at radius 2 is 1.82 bits per heavy atom. The molecule has 0 aromatic heterocycles. The van der Waals surface area contributed by atoms with Gasteiger partial charge in [-0.2, -0.15) is 5.06 Å². The first kappa shape index (κ1) is 23.1. The average Bonchev–Trinajstić information content (AvgIpc) is 3.01. The average molecular weight is 459 g/mol. The maximum absolute atomic E-state index is 15.0. The summed E-state index contributed by atoms with van der Waals surface area (Å²) in [4.78, 5) is 32.0. The largest absolute Gasteiger partial charge is 0.444 e. The first-order valence-corrected chi connectivity index (χ1v) is 11.0.